The van der Waals surface area contributed by atoms with E-state index < -0.39 is 0 Å². The molecule has 4 nitrogen and oxygen atoms in total. The molecule has 92 valence electrons. The number of carbonyl (C=O) groups is 1. The Labute approximate surface area is 97.2 Å². The molecule has 0 aliphatic carbocycles. The molecule has 2 heterocycles. The second kappa shape index (κ2) is 5.15. The maximum absolute atomic E-state index is 12.0. The van der Waals surface area contributed by atoms with Gasteiger partial charge < -0.3 is 10.0 Å². The van der Waals surface area contributed by atoms with Crippen LogP contribution >= 0.6 is 0 Å². The minimum absolute atomic E-state index is 0.175. The third-order valence-corrected chi connectivity index (χ3v) is 3.98. The maximum atomic E-state index is 12.0. The van der Waals surface area contributed by atoms with Gasteiger partial charge in [-0.05, 0) is 31.7 Å². The van der Waals surface area contributed by atoms with Gasteiger partial charge in [-0.3, -0.25) is 9.69 Å². The van der Waals surface area contributed by atoms with E-state index in [1.165, 1.54) is 0 Å². The molecule has 2 atom stereocenters. The molecule has 0 spiro atoms. The molecule has 1 amide bonds. The Kier molecular flexibility index (Phi) is 3.82. The van der Waals surface area contributed by atoms with Crippen LogP contribution in [-0.4, -0.2) is 59.6 Å². The van der Waals surface area contributed by atoms with Crippen molar-refractivity contribution in [2.24, 2.45) is 5.92 Å². The number of likely N-dealkylation sites (tertiary alicyclic amines) is 2. The zero-order chi connectivity index (χ0) is 11.5. The number of carbonyl (C=O) groups excluding carboxylic acids is 1. The predicted molar refractivity (Wildman–Crippen MR) is 62.0 cm³/mol. The Morgan fingerprint density at radius 2 is 2.00 bits per heavy atom. The van der Waals surface area contributed by atoms with Crippen LogP contribution in [0.3, 0.4) is 0 Å². The second-order valence-electron chi connectivity index (χ2n) is 5.07. The van der Waals surface area contributed by atoms with E-state index >= 15 is 0 Å². The van der Waals surface area contributed by atoms with Crippen molar-refractivity contribution in [3.05, 3.63) is 0 Å². The maximum Gasteiger partial charge on any atom is 0.236 e. The van der Waals surface area contributed by atoms with Crippen LogP contribution in [0.25, 0.3) is 0 Å². The molecule has 0 saturated carbocycles. The smallest absolute Gasteiger partial charge is 0.236 e. The van der Waals surface area contributed by atoms with Crippen molar-refractivity contribution >= 4 is 5.91 Å². The van der Waals surface area contributed by atoms with Crippen molar-refractivity contribution in [1.29, 1.82) is 0 Å². The van der Waals surface area contributed by atoms with Gasteiger partial charge in [-0.1, -0.05) is 6.92 Å². The first-order valence-electron chi connectivity index (χ1n) is 6.35. The highest BCUT2D eigenvalue weighted by Gasteiger charge is 2.32. The summed E-state index contributed by atoms with van der Waals surface area (Å²) in [5, 5.41) is 9.32. The molecular formula is C12H22N2O2. The van der Waals surface area contributed by atoms with Crippen molar-refractivity contribution < 1.29 is 9.90 Å². The molecule has 2 aliphatic rings. The van der Waals surface area contributed by atoms with E-state index in [1.807, 2.05) is 4.90 Å². The van der Waals surface area contributed by atoms with Crippen LogP contribution in [0.15, 0.2) is 0 Å². The van der Waals surface area contributed by atoms with E-state index in [0.717, 1.165) is 38.9 Å². The molecule has 0 radical (unpaired) electrons. The van der Waals surface area contributed by atoms with E-state index in [2.05, 4.69) is 11.8 Å². The average molecular weight is 226 g/mol. The Morgan fingerprint density at radius 1 is 1.31 bits per heavy atom. The highest BCUT2D eigenvalue weighted by molar-refractivity contribution is 5.78. The summed E-state index contributed by atoms with van der Waals surface area (Å²) in [6.07, 6.45) is 3.38. The lowest BCUT2D eigenvalue weighted by molar-refractivity contribution is -0.131. The largest absolute Gasteiger partial charge is 0.395 e. The SMILES string of the molecule is CC1CCN(CC(=O)N2CCCC2)C1CO. The highest BCUT2D eigenvalue weighted by atomic mass is 16.3. The van der Waals surface area contributed by atoms with Crippen molar-refractivity contribution in [3.8, 4) is 0 Å². The van der Waals surface area contributed by atoms with Gasteiger partial charge in [0, 0.05) is 19.1 Å². The summed E-state index contributed by atoms with van der Waals surface area (Å²) in [7, 11) is 0. The first kappa shape index (κ1) is 11.9. The Bertz CT molecular complexity index is 251. The van der Waals surface area contributed by atoms with E-state index in [-0.39, 0.29) is 18.6 Å². The number of aliphatic hydroxyl groups excluding tert-OH is 1. The molecule has 2 rings (SSSR count). The van der Waals surface area contributed by atoms with Crippen LogP contribution < -0.4 is 0 Å². The predicted octanol–water partition coefficient (Wildman–Crippen LogP) is 0.311. The summed E-state index contributed by atoms with van der Waals surface area (Å²) in [4.78, 5) is 16.1. The number of nitrogens with zero attached hydrogens (tertiary/aromatic N) is 2. The van der Waals surface area contributed by atoms with Gasteiger partial charge in [0.15, 0.2) is 0 Å². The van der Waals surface area contributed by atoms with Crippen LogP contribution in [0, 0.1) is 5.92 Å². The Hall–Kier alpha value is -0.610. The first-order chi connectivity index (χ1) is 7.72. The van der Waals surface area contributed by atoms with E-state index in [4.69, 9.17) is 0 Å². The number of rotatable bonds is 3. The summed E-state index contributed by atoms with van der Waals surface area (Å²) in [5.41, 5.74) is 0. The van der Waals surface area contributed by atoms with Crippen molar-refractivity contribution in [2.75, 3.05) is 32.8 Å². The molecule has 2 aliphatic heterocycles. The van der Waals surface area contributed by atoms with Gasteiger partial charge >= 0.3 is 0 Å². The minimum Gasteiger partial charge on any atom is -0.395 e. The standard InChI is InChI=1S/C12H22N2O2/c1-10-4-7-14(11(10)9-15)8-12(16)13-5-2-3-6-13/h10-11,15H,2-9H2,1H3. The van der Waals surface area contributed by atoms with Crippen LogP contribution in [0.2, 0.25) is 0 Å². The summed E-state index contributed by atoms with van der Waals surface area (Å²) in [6.45, 7) is 5.62. The Balaban J connectivity index is 1.86. The first-order valence-corrected chi connectivity index (χ1v) is 6.35. The van der Waals surface area contributed by atoms with E-state index in [9.17, 15) is 9.90 Å². The zero-order valence-corrected chi connectivity index (χ0v) is 10.1. The van der Waals surface area contributed by atoms with Crippen LogP contribution in [0.5, 0.6) is 0 Å². The van der Waals surface area contributed by atoms with Gasteiger partial charge in [-0.15, -0.1) is 0 Å². The van der Waals surface area contributed by atoms with Crippen molar-refractivity contribution in [2.45, 2.75) is 32.2 Å². The third-order valence-electron chi connectivity index (χ3n) is 3.98. The van der Waals surface area contributed by atoms with E-state index in [0.29, 0.717) is 12.5 Å². The summed E-state index contributed by atoms with van der Waals surface area (Å²) in [5.74, 6) is 0.751. The fourth-order valence-corrected chi connectivity index (χ4v) is 2.82. The fourth-order valence-electron chi connectivity index (χ4n) is 2.82. The third kappa shape index (κ3) is 2.38. The van der Waals surface area contributed by atoms with Gasteiger partial charge in [-0.2, -0.15) is 0 Å². The topological polar surface area (TPSA) is 43.8 Å². The van der Waals surface area contributed by atoms with Gasteiger partial charge in [-0.25, -0.2) is 0 Å². The molecule has 0 aromatic rings. The molecule has 1 N–H and O–H groups in total. The second-order valence-corrected chi connectivity index (χ2v) is 5.07. The number of amides is 1. The quantitative estimate of drug-likeness (QED) is 0.753. The van der Waals surface area contributed by atoms with Crippen molar-refractivity contribution in [1.82, 2.24) is 9.80 Å². The van der Waals surface area contributed by atoms with Crippen LogP contribution in [0.4, 0.5) is 0 Å². The molecule has 4 heteroatoms. The summed E-state index contributed by atoms with van der Waals surface area (Å²) in [6, 6.07) is 0.187. The number of hydrogen-bond acceptors (Lipinski definition) is 3. The molecule has 0 aromatic heterocycles. The van der Waals surface area contributed by atoms with Crippen LogP contribution in [-0.2, 0) is 4.79 Å². The molecule has 2 unspecified atom stereocenters. The lowest BCUT2D eigenvalue weighted by Crippen LogP contribution is -2.43. The fraction of sp³-hybridized carbons (Fsp3) is 0.917. The van der Waals surface area contributed by atoms with Gasteiger partial charge in [0.25, 0.3) is 0 Å². The molecule has 0 bridgehead atoms. The molecule has 2 fully saturated rings. The lowest BCUT2D eigenvalue weighted by atomic mass is 10.0. The minimum atomic E-state index is 0.175. The van der Waals surface area contributed by atoms with Crippen molar-refractivity contribution in [3.63, 3.8) is 0 Å². The lowest BCUT2D eigenvalue weighted by Gasteiger charge is -2.26. The van der Waals surface area contributed by atoms with Gasteiger partial charge in [0.1, 0.15) is 0 Å². The van der Waals surface area contributed by atoms with Crippen LogP contribution in [0.1, 0.15) is 26.2 Å². The zero-order valence-electron chi connectivity index (χ0n) is 10.1. The molecule has 0 aromatic carbocycles. The van der Waals surface area contributed by atoms with Gasteiger partial charge in [0.05, 0.1) is 13.2 Å². The summed E-state index contributed by atoms with van der Waals surface area (Å²) < 4.78 is 0. The van der Waals surface area contributed by atoms with E-state index in [1.54, 1.807) is 0 Å². The monoisotopic (exact) mass is 226 g/mol. The highest BCUT2D eigenvalue weighted by Crippen LogP contribution is 2.23. The normalized spacial score (nSPS) is 31.2. The van der Waals surface area contributed by atoms with Gasteiger partial charge in [0.2, 0.25) is 5.91 Å². The number of aliphatic hydroxyl groups is 1. The molecule has 2 saturated heterocycles. The Morgan fingerprint density at radius 3 is 2.62 bits per heavy atom. The summed E-state index contributed by atoms with van der Waals surface area (Å²) >= 11 is 0. The molecule has 16 heavy (non-hydrogen) atoms. The number of hydrogen-bond donors (Lipinski definition) is 1. The average Bonchev–Trinajstić information content (AvgIpc) is 2.88. The molecular weight excluding hydrogens is 204 g/mol.